The van der Waals surface area contributed by atoms with E-state index in [1.165, 1.54) is 0 Å². The third-order valence-electron chi connectivity index (χ3n) is 3.83. The fourth-order valence-electron chi connectivity index (χ4n) is 2.49. The Kier molecular flexibility index (Phi) is 9.46. The van der Waals surface area contributed by atoms with Crippen LogP contribution in [0.3, 0.4) is 0 Å². The van der Waals surface area contributed by atoms with Gasteiger partial charge in [0.15, 0.2) is 0 Å². The second kappa shape index (κ2) is 11.4. The molecule has 2 aromatic carbocycles. The molecule has 0 N–H and O–H groups in total. The van der Waals surface area contributed by atoms with Crippen molar-refractivity contribution < 1.29 is 25.2 Å². The Morgan fingerprint density at radius 2 is 1.61 bits per heavy atom. The van der Waals surface area contributed by atoms with Gasteiger partial charge in [-0.15, -0.1) is 0 Å². The predicted molar refractivity (Wildman–Crippen MR) is 127 cm³/mol. The molecule has 2 rings (SSSR count). The number of anilines is 1. The van der Waals surface area contributed by atoms with E-state index in [1.807, 2.05) is 24.3 Å². The summed E-state index contributed by atoms with van der Waals surface area (Å²) in [6, 6.07) is 12.7. The van der Waals surface area contributed by atoms with Crippen LogP contribution in [0.2, 0.25) is 5.02 Å². The topological polar surface area (TPSA) is 102 Å². The molecular formula is C19H22BrClN2O6S2. The molecule has 0 radical (unpaired) electrons. The standard InChI is InChI=1S/C19H22BrClN2O6S2/c1-30(24,25)28-10-8-23(9-11-29-31(2,26)27)18-7-6-15(19(21)13-18)14-22-17-5-3-4-16(20)12-17/h3-7,12-14H,8-11H2,1-2H3. The van der Waals surface area contributed by atoms with Crippen LogP contribution in [0.15, 0.2) is 51.9 Å². The second-order valence-electron chi connectivity index (χ2n) is 6.48. The van der Waals surface area contributed by atoms with Gasteiger partial charge in [0.25, 0.3) is 20.2 Å². The maximum atomic E-state index is 11.2. The third-order valence-corrected chi connectivity index (χ3v) is 5.84. The summed E-state index contributed by atoms with van der Waals surface area (Å²) in [6.07, 6.45) is 3.55. The summed E-state index contributed by atoms with van der Waals surface area (Å²) in [6.45, 7) is 0.146. The van der Waals surface area contributed by atoms with E-state index >= 15 is 0 Å². The van der Waals surface area contributed by atoms with Crippen LogP contribution in [0.5, 0.6) is 0 Å². The maximum absolute atomic E-state index is 11.2. The first kappa shape index (κ1) is 25.8. The zero-order valence-corrected chi connectivity index (χ0v) is 20.8. The summed E-state index contributed by atoms with van der Waals surface area (Å²) < 4.78 is 55.4. The molecule has 0 unspecified atom stereocenters. The van der Waals surface area contributed by atoms with E-state index in [-0.39, 0.29) is 26.3 Å². The van der Waals surface area contributed by atoms with Crippen molar-refractivity contribution in [1.82, 2.24) is 0 Å². The maximum Gasteiger partial charge on any atom is 0.264 e. The first-order valence-electron chi connectivity index (χ1n) is 8.96. The van der Waals surface area contributed by atoms with Crippen LogP contribution >= 0.6 is 27.5 Å². The minimum absolute atomic E-state index is 0.110. The molecule has 0 aliphatic rings. The van der Waals surface area contributed by atoms with Gasteiger partial charge in [0.2, 0.25) is 0 Å². The highest BCUT2D eigenvalue weighted by Crippen LogP contribution is 2.24. The molecule has 170 valence electrons. The van der Waals surface area contributed by atoms with Gasteiger partial charge in [0.1, 0.15) is 0 Å². The zero-order valence-electron chi connectivity index (χ0n) is 16.9. The molecule has 0 atom stereocenters. The fraction of sp³-hybridized carbons (Fsp3) is 0.316. The predicted octanol–water partition coefficient (Wildman–Crippen LogP) is 3.61. The van der Waals surface area contributed by atoms with Crippen molar-refractivity contribution in [1.29, 1.82) is 0 Å². The number of aliphatic imine (C=N–C) groups is 1. The van der Waals surface area contributed by atoms with E-state index in [0.717, 1.165) is 22.7 Å². The van der Waals surface area contributed by atoms with Crippen molar-refractivity contribution in [3.63, 3.8) is 0 Å². The monoisotopic (exact) mass is 552 g/mol. The Bertz CT molecular complexity index is 1100. The van der Waals surface area contributed by atoms with Gasteiger partial charge >= 0.3 is 0 Å². The van der Waals surface area contributed by atoms with E-state index in [1.54, 1.807) is 29.3 Å². The lowest BCUT2D eigenvalue weighted by Crippen LogP contribution is -2.32. The van der Waals surface area contributed by atoms with Crippen LogP contribution in [0, 0.1) is 0 Å². The quantitative estimate of drug-likeness (QED) is 0.309. The van der Waals surface area contributed by atoms with Gasteiger partial charge in [-0.3, -0.25) is 13.4 Å². The first-order chi connectivity index (χ1) is 14.4. The molecule has 0 amide bonds. The number of halogens is 2. The minimum Gasteiger partial charge on any atom is -0.367 e. The van der Waals surface area contributed by atoms with Crippen molar-refractivity contribution in [3.8, 4) is 0 Å². The average molecular weight is 554 g/mol. The molecule has 0 fully saturated rings. The second-order valence-corrected chi connectivity index (χ2v) is 11.1. The number of rotatable bonds is 11. The molecule has 0 aliphatic heterocycles. The Morgan fingerprint density at radius 1 is 1.00 bits per heavy atom. The first-order valence-corrected chi connectivity index (χ1v) is 13.8. The lowest BCUT2D eigenvalue weighted by molar-refractivity contribution is 0.309. The number of hydrogen-bond acceptors (Lipinski definition) is 8. The lowest BCUT2D eigenvalue weighted by atomic mass is 10.2. The zero-order chi connectivity index (χ0) is 23.1. The largest absolute Gasteiger partial charge is 0.367 e. The van der Waals surface area contributed by atoms with Gasteiger partial charge in [0.05, 0.1) is 36.4 Å². The van der Waals surface area contributed by atoms with Gasteiger partial charge in [-0.05, 0) is 36.4 Å². The van der Waals surface area contributed by atoms with Crippen molar-refractivity contribution in [2.45, 2.75) is 0 Å². The molecule has 0 bridgehead atoms. The lowest BCUT2D eigenvalue weighted by Gasteiger charge is -2.24. The smallest absolute Gasteiger partial charge is 0.264 e. The summed E-state index contributed by atoms with van der Waals surface area (Å²) >= 11 is 9.80. The summed E-state index contributed by atoms with van der Waals surface area (Å²) in [7, 11) is -7.20. The van der Waals surface area contributed by atoms with Gasteiger partial charge < -0.3 is 4.90 Å². The van der Waals surface area contributed by atoms with Gasteiger partial charge in [0, 0.05) is 35.0 Å². The van der Waals surface area contributed by atoms with Crippen molar-refractivity contribution in [3.05, 3.63) is 57.5 Å². The van der Waals surface area contributed by atoms with Crippen LogP contribution in [0.25, 0.3) is 0 Å². The van der Waals surface area contributed by atoms with E-state index < -0.39 is 20.2 Å². The molecule has 31 heavy (non-hydrogen) atoms. The highest BCUT2D eigenvalue weighted by molar-refractivity contribution is 9.10. The molecule has 0 saturated heterocycles. The molecule has 8 nitrogen and oxygen atoms in total. The van der Waals surface area contributed by atoms with Gasteiger partial charge in [-0.2, -0.15) is 16.8 Å². The molecule has 0 heterocycles. The summed E-state index contributed by atoms with van der Waals surface area (Å²) in [5.41, 5.74) is 2.09. The van der Waals surface area contributed by atoms with Crippen molar-refractivity contribution >= 4 is 65.4 Å². The Labute approximate surface area is 196 Å². The van der Waals surface area contributed by atoms with Crippen LogP contribution < -0.4 is 4.90 Å². The van der Waals surface area contributed by atoms with Crippen molar-refractivity contribution in [2.24, 2.45) is 4.99 Å². The number of benzene rings is 2. The molecule has 2 aromatic rings. The third kappa shape index (κ3) is 10.1. The van der Waals surface area contributed by atoms with Gasteiger partial charge in [-0.1, -0.05) is 33.6 Å². The highest BCUT2D eigenvalue weighted by Gasteiger charge is 2.12. The van der Waals surface area contributed by atoms with E-state index in [9.17, 15) is 16.8 Å². The Morgan fingerprint density at radius 3 is 2.13 bits per heavy atom. The molecule has 0 aromatic heterocycles. The molecular weight excluding hydrogens is 532 g/mol. The summed E-state index contributed by atoms with van der Waals surface area (Å²) in [4.78, 5) is 6.12. The van der Waals surface area contributed by atoms with E-state index in [4.69, 9.17) is 20.0 Å². The molecule has 0 aliphatic carbocycles. The SMILES string of the molecule is CS(=O)(=O)OCCN(CCOS(C)(=O)=O)c1ccc(C=Nc2cccc(Br)c2)c(Cl)c1. The van der Waals surface area contributed by atoms with E-state index in [2.05, 4.69) is 20.9 Å². The highest BCUT2D eigenvalue weighted by atomic mass is 79.9. The van der Waals surface area contributed by atoms with Crippen molar-refractivity contribution in [2.75, 3.05) is 43.7 Å². The van der Waals surface area contributed by atoms with Crippen LogP contribution in [-0.4, -0.2) is 61.9 Å². The average Bonchev–Trinajstić information content (AvgIpc) is 2.64. The van der Waals surface area contributed by atoms with Crippen LogP contribution in [0.4, 0.5) is 11.4 Å². The van der Waals surface area contributed by atoms with E-state index in [0.29, 0.717) is 16.3 Å². The van der Waals surface area contributed by atoms with Crippen LogP contribution in [-0.2, 0) is 28.6 Å². The Balaban J connectivity index is 2.16. The molecule has 0 saturated carbocycles. The van der Waals surface area contributed by atoms with Gasteiger partial charge in [-0.25, -0.2) is 0 Å². The Hall–Kier alpha value is -1.50. The summed E-state index contributed by atoms with van der Waals surface area (Å²) in [5, 5.41) is 0.425. The number of hydrogen-bond donors (Lipinski definition) is 0. The molecule has 0 spiro atoms. The fourth-order valence-corrected chi connectivity index (χ4v) is 3.85. The normalized spacial score (nSPS) is 12.4. The summed E-state index contributed by atoms with van der Waals surface area (Å²) in [5.74, 6) is 0. The molecule has 12 heteroatoms. The minimum atomic E-state index is -3.60. The number of nitrogens with zero attached hydrogens (tertiary/aromatic N) is 2. The van der Waals surface area contributed by atoms with Crippen LogP contribution in [0.1, 0.15) is 5.56 Å².